The molecule has 1 fully saturated rings. The number of piperidine rings is 1. The van der Waals surface area contributed by atoms with E-state index in [2.05, 4.69) is 34.7 Å². The van der Waals surface area contributed by atoms with Crippen LogP contribution < -0.4 is 10.6 Å². The van der Waals surface area contributed by atoms with Crippen molar-refractivity contribution in [3.05, 3.63) is 51.7 Å². The van der Waals surface area contributed by atoms with Crippen molar-refractivity contribution in [1.82, 2.24) is 14.9 Å². The lowest BCUT2D eigenvalue weighted by Crippen LogP contribution is -2.36. The molecule has 2 heterocycles. The molecular formula is C21H30N4O2S2. The van der Waals surface area contributed by atoms with Crippen molar-refractivity contribution >= 4 is 27.3 Å². The third-order valence-corrected chi connectivity index (χ3v) is 8.15. The van der Waals surface area contributed by atoms with Gasteiger partial charge in [0.15, 0.2) is 5.96 Å². The number of guanidine groups is 1. The Bertz CT molecular complexity index is 932. The topological polar surface area (TPSA) is 73.8 Å². The summed E-state index contributed by atoms with van der Waals surface area (Å²) in [5.74, 6) is 0.695. The summed E-state index contributed by atoms with van der Waals surface area (Å²) in [4.78, 5) is 7.27. The van der Waals surface area contributed by atoms with Crippen LogP contribution in [0.25, 0.3) is 0 Å². The van der Waals surface area contributed by atoms with Crippen LogP contribution in [-0.4, -0.2) is 38.8 Å². The van der Waals surface area contributed by atoms with Gasteiger partial charge < -0.3 is 10.6 Å². The van der Waals surface area contributed by atoms with Crippen molar-refractivity contribution in [2.75, 3.05) is 20.1 Å². The van der Waals surface area contributed by atoms with Crippen molar-refractivity contribution in [3.8, 4) is 0 Å². The zero-order chi connectivity index (χ0) is 20.7. The van der Waals surface area contributed by atoms with Gasteiger partial charge in [-0.15, -0.1) is 11.3 Å². The lowest BCUT2D eigenvalue weighted by molar-refractivity contribution is 0.346. The first-order valence-corrected chi connectivity index (χ1v) is 12.4. The summed E-state index contributed by atoms with van der Waals surface area (Å²) >= 11 is 1.80. The van der Waals surface area contributed by atoms with E-state index in [4.69, 9.17) is 0 Å². The predicted octanol–water partition coefficient (Wildman–Crippen LogP) is 3.35. The average Bonchev–Trinajstić information content (AvgIpc) is 3.23. The summed E-state index contributed by atoms with van der Waals surface area (Å²) in [5, 5.41) is 6.58. The van der Waals surface area contributed by atoms with E-state index >= 15 is 0 Å². The largest absolute Gasteiger partial charge is 0.352 e. The molecule has 0 amide bonds. The van der Waals surface area contributed by atoms with Crippen LogP contribution in [0, 0.1) is 0 Å². The highest BCUT2D eigenvalue weighted by atomic mass is 32.2. The summed E-state index contributed by atoms with van der Waals surface area (Å²) in [6.07, 6.45) is 4.03. The molecule has 0 aliphatic carbocycles. The number of hydrogen-bond donors (Lipinski definition) is 2. The number of sulfonamides is 1. The third-order valence-electron chi connectivity index (χ3n) is 5.03. The molecule has 1 aromatic heterocycles. The Morgan fingerprint density at radius 2 is 1.79 bits per heavy atom. The normalized spacial score (nSPS) is 16.0. The fourth-order valence-corrected chi connectivity index (χ4v) is 5.84. The van der Waals surface area contributed by atoms with E-state index in [0.717, 1.165) is 31.2 Å². The Balaban J connectivity index is 1.59. The van der Waals surface area contributed by atoms with E-state index in [-0.39, 0.29) is 0 Å². The zero-order valence-corrected chi connectivity index (χ0v) is 18.8. The number of benzene rings is 1. The van der Waals surface area contributed by atoms with Gasteiger partial charge in [-0.1, -0.05) is 25.5 Å². The molecule has 2 aromatic rings. The fourth-order valence-electron chi connectivity index (χ4n) is 3.35. The number of nitrogens with zero attached hydrogens (tertiary/aromatic N) is 2. The standard InChI is InChI=1S/C21H30N4O2S2/c1-3-18-10-11-19(28-18)16-24-21(22-2)23-15-17-8-7-9-20(14-17)29(26,27)25-12-5-4-6-13-25/h7-11,14H,3-6,12-13,15-16H2,1-2H3,(H2,22,23,24). The van der Waals surface area contributed by atoms with Gasteiger partial charge >= 0.3 is 0 Å². The van der Waals surface area contributed by atoms with Gasteiger partial charge in [0.05, 0.1) is 11.4 Å². The number of aliphatic imine (C=N–C) groups is 1. The molecule has 1 aliphatic heterocycles. The molecule has 0 saturated carbocycles. The van der Waals surface area contributed by atoms with Crippen molar-refractivity contribution in [3.63, 3.8) is 0 Å². The van der Waals surface area contributed by atoms with E-state index in [1.807, 2.05) is 12.1 Å². The monoisotopic (exact) mass is 434 g/mol. The number of thiophene rings is 1. The molecule has 1 saturated heterocycles. The molecule has 3 rings (SSSR count). The summed E-state index contributed by atoms with van der Waals surface area (Å²) < 4.78 is 27.4. The Morgan fingerprint density at radius 3 is 2.48 bits per heavy atom. The van der Waals surface area contributed by atoms with Crippen LogP contribution >= 0.6 is 11.3 Å². The van der Waals surface area contributed by atoms with Gasteiger partial charge in [-0.25, -0.2) is 8.42 Å². The van der Waals surface area contributed by atoms with Crippen LogP contribution in [0.1, 0.15) is 41.5 Å². The molecule has 29 heavy (non-hydrogen) atoms. The average molecular weight is 435 g/mol. The maximum atomic E-state index is 12.9. The number of hydrogen-bond acceptors (Lipinski definition) is 4. The molecule has 0 atom stereocenters. The number of nitrogens with one attached hydrogen (secondary N) is 2. The van der Waals surface area contributed by atoms with Crippen molar-refractivity contribution in [1.29, 1.82) is 0 Å². The van der Waals surface area contributed by atoms with Gasteiger partial charge in [-0.3, -0.25) is 4.99 Å². The summed E-state index contributed by atoms with van der Waals surface area (Å²) in [6, 6.07) is 11.5. The second-order valence-electron chi connectivity index (χ2n) is 7.11. The van der Waals surface area contributed by atoms with Crippen LogP contribution in [0.5, 0.6) is 0 Å². The fraction of sp³-hybridized carbons (Fsp3) is 0.476. The van der Waals surface area contributed by atoms with Crippen molar-refractivity contribution in [2.24, 2.45) is 4.99 Å². The van der Waals surface area contributed by atoms with Crippen LogP contribution in [-0.2, 0) is 29.5 Å². The molecule has 6 nitrogen and oxygen atoms in total. The van der Waals surface area contributed by atoms with E-state index in [1.165, 1.54) is 9.75 Å². The highest BCUT2D eigenvalue weighted by Gasteiger charge is 2.25. The van der Waals surface area contributed by atoms with Crippen molar-refractivity contribution < 1.29 is 8.42 Å². The molecule has 0 radical (unpaired) electrons. The first-order chi connectivity index (χ1) is 14.0. The quantitative estimate of drug-likeness (QED) is 0.518. The van der Waals surface area contributed by atoms with E-state index < -0.39 is 10.0 Å². The van der Waals surface area contributed by atoms with Gasteiger partial charge in [0.1, 0.15) is 0 Å². The minimum Gasteiger partial charge on any atom is -0.352 e. The molecule has 1 aromatic carbocycles. The maximum Gasteiger partial charge on any atom is 0.243 e. The lowest BCUT2D eigenvalue weighted by atomic mass is 10.2. The molecule has 1 aliphatic rings. The second-order valence-corrected chi connectivity index (χ2v) is 10.3. The smallest absolute Gasteiger partial charge is 0.243 e. The molecule has 2 N–H and O–H groups in total. The first kappa shape index (κ1) is 21.8. The predicted molar refractivity (Wildman–Crippen MR) is 120 cm³/mol. The Morgan fingerprint density at radius 1 is 1.07 bits per heavy atom. The SMILES string of the molecule is CCc1ccc(CNC(=NC)NCc2cccc(S(=O)(=O)N3CCCCC3)c2)s1. The Hall–Kier alpha value is -1.90. The molecule has 0 bridgehead atoms. The van der Waals surface area contributed by atoms with E-state index in [0.29, 0.717) is 37.0 Å². The van der Waals surface area contributed by atoms with Gasteiger partial charge in [-0.2, -0.15) is 4.31 Å². The van der Waals surface area contributed by atoms with E-state index in [1.54, 1.807) is 34.8 Å². The Labute approximate surface area is 178 Å². The molecule has 0 unspecified atom stereocenters. The Kier molecular flexibility index (Phi) is 7.69. The van der Waals surface area contributed by atoms with Crippen LogP contribution in [0.3, 0.4) is 0 Å². The van der Waals surface area contributed by atoms with Crippen LogP contribution in [0.2, 0.25) is 0 Å². The molecular weight excluding hydrogens is 404 g/mol. The number of rotatable bonds is 7. The lowest BCUT2D eigenvalue weighted by Gasteiger charge is -2.26. The summed E-state index contributed by atoms with van der Waals surface area (Å²) in [7, 11) is -1.68. The first-order valence-electron chi connectivity index (χ1n) is 10.1. The third kappa shape index (κ3) is 5.81. The number of aryl methyl sites for hydroxylation is 1. The minimum atomic E-state index is -3.41. The summed E-state index contributed by atoms with van der Waals surface area (Å²) in [6.45, 7) is 4.61. The van der Waals surface area contributed by atoms with E-state index in [9.17, 15) is 8.42 Å². The highest BCUT2D eigenvalue weighted by Crippen LogP contribution is 2.21. The van der Waals surface area contributed by atoms with Gasteiger partial charge in [0, 0.05) is 36.4 Å². The van der Waals surface area contributed by atoms with Gasteiger partial charge in [0.25, 0.3) is 0 Å². The molecule has 158 valence electrons. The molecule has 0 spiro atoms. The maximum absolute atomic E-state index is 12.9. The van der Waals surface area contributed by atoms with Crippen LogP contribution in [0.15, 0.2) is 46.3 Å². The van der Waals surface area contributed by atoms with Crippen molar-refractivity contribution in [2.45, 2.75) is 50.6 Å². The zero-order valence-electron chi connectivity index (χ0n) is 17.1. The summed E-state index contributed by atoms with van der Waals surface area (Å²) in [5.41, 5.74) is 0.912. The van der Waals surface area contributed by atoms with Crippen LogP contribution in [0.4, 0.5) is 0 Å². The molecule has 8 heteroatoms. The van der Waals surface area contributed by atoms with Gasteiger partial charge in [0.2, 0.25) is 10.0 Å². The minimum absolute atomic E-state index is 0.368. The van der Waals surface area contributed by atoms with Gasteiger partial charge in [-0.05, 0) is 49.1 Å². The second kappa shape index (κ2) is 10.2. The highest BCUT2D eigenvalue weighted by molar-refractivity contribution is 7.89.